The molecule has 0 saturated carbocycles. The third-order valence-electron chi connectivity index (χ3n) is 4.16. The van der Waals surface area contributed by atoms with Crippen LogP contribution in [0.2, 0.25) is 0 Å². The number of aryl methyl sites for hydroxylation is 1. The summed E-state index contributed by atoms with van der Waals surface area (Å²) in [5.41, 5.74) is 1.22. The van der Waals surface area contributed by atoms with Gasteiger partial charge in [0.15, 0.2) is 0 Å². The fourth-order valence-corrected chi connectivity index (χ4v) is 4.59. The summed E-state index contributed by atoms with van der Waals surface area (Å²) < 4.78 is 53.7. The van der Waals surface area contributed by atoms with Crippen LogP contribution in [0.25, 0.3) is 0 Å². The molecular formula is C19H17NO5S2. The van der Waals surface area contributed by atoms with Crippen LogP contribution in [-0.2, 0) is 19.9 Å². The maximum Gasteiger partial charge on any atom is 0.253 e. The summed E-state index contributed by atoms with van der Waals surface area (Å²) in [5, 5.41) is 0. The molecule has 6 nitrogen and oxygen atoms in total. The van der Waals surface area contributed by atoms with Crippen LogP contribution in [0.15, 0.2) is 68.8 Å². The molecule has 0 saturated heterocycles. The van der Waals surface area contributed by atoms with Crippen LogP contribution < -0.4 is 0 Å². The molecule has 140 valence electrons. The van der Waals surface area contributed by atoms with Gasteiger partial charge in [-0.15, -0.1) is 0 Å². The molecule has 0 fully saturated rings. The van der Waals surface area contributed by atoms with E-state index in [0.29, 0.717) is 5.56 Å². The van der Waals surface area contributed by atoms with Crippen LogP contribution in [0.3, 0.4) is 0 Å². The van der Waals surface area contributed by atoms with Crippen LogP contribution >= 0.6 is 0 Å². The number of hydrogen-bond acceptors (Lipinski definition) is 5. The van der Waals surface area contributed by atoms with Crippen molar-refractivity contribution in [1.29, 1.82) is 0 Å². The predicted molar refractivity (Wildman–Crippen MR) is 103 cm³/mol. The first-order valence-corrected chi connectivity index (χ1v) is 11.2. The van der Waals surface area contributed by atoms with Crippen molar-refractivity contribution < 1.29 is 21.6 Å². The van der Waals surface area contributed by atoms with E-state index in [-0.39, 0.29) is 21.9 Å². The molecule has 0 atom stereocenters. The van der Waals surface area contributed by atoms with E-state index in [1.807, 2.05) is 6.92 Å². The largest absolute Gasteiger partial charge is 0.288 e. The topological polar surface area (TPSA) is 97.7 Å². The Hall–Kier alpha value is -2.58. The molecule has 3 rings (SSSR count). The summed E-state index contributed by atoms with van der Waals surface area (Å²) in [7, 11) is -7.91. The molecule has 8 heteroatoms. The first-order valence-electron chi connectivity index (χ1n) is 8.16. The van der Waals surface area contributed by atoms with Gasteiger partial charge in [0.25, 0.3) is 10.0 Å². The third kappa shape index (κ3) is 3.63. The molecule has 2 aromatic rings. The quantitative estimate of drug-likeness (QED) is 0.782. The molecule has 0 unspecified atom stereocenters. The van der Waals surface area contributed by atoms with Gasteiger partial charge in [0, 0.05) is 11.1 Å². The molecule has 0 radical (unpaired) electrons. The molecular weight excluding hydrogens is 386 g/mol. The molecule has 27 heavy (non-hydrogen) atoms. The number of allylic oxidation sites excluding steroid dienone is 2. The number of fused-ring (bicyclic) bond motifs is 1. The fraction of sp³-hybridized carbons (Fsp3) is 0.158. The summed E-state index contributed by atoms with van der Waals surface area (Å²) >= 11 is 0. The highest BCUT2D eigenvalue weighted by Crippen LogP contribution is 2.29. The monoisotopic (exact) mass is 403 g/mol. The molecule has 0 bridgehead atoms. The van der Waals surface area contributed by atoms with Gasteiger partial charge in [-0.1, -0.05) is 42.0 Å². The van der Waals surface area contributed by atoms with Gasteiger partial charge in [-0.2, -0.15) is 4.40 Å². The Morgan fingerprint density at radius 2 is 1.48 bits per heavy atom. The standard InChI is InChI=1S/C19H17NO5S2/c1-3-26(22,23)20-17-12-18(19(21)16-7-5-4-6-15(16)17)27(24,25)14-10-8-13(2)9-11-14/h4-12H,3H2,1-2H3. The lowest BCUT2D eigenvalue weighted by Crippen LogP contribution is -2.23. The zero-order chi connectivity index (χ0) is 19.8. The molecule has 0 spiro atoms. The van der Waals surface area contributed by atoms with Crippen molar-refractivity contribution in [3.8, 4) is 0 Å². The average molecular weight is 403 g/mol. The van der Waals surface area contributed by atoms with Gasteiger partial charge in [0.1, 0.15) is 4.91 Å². The Morgan fingerprint density at radius 1 is 0.889 bits per heavy atom. The summed E-state index contributed by atoms with van der Waals surface area (Å²) in [5.74, 6) is -0.917. The van der Waals surface area contributed by atoms with Crippen molar-refractivity contribution in [3.63, 3.8) is 0 Å². The van der Waals surface area contributed by atoms with Crippen LogP contribution in [0.5, 0.6) is 0 Å². The van der Waals surface area contributed by atoms with Gasteiger partial charge in [0.05, 0.1) is 16.4 Å². The lowest BCUT2D eigenvalue weighted by molar-refractivity contribution is 0.104. The second-order valence-electron chi connectivity index (χ2n) is 6.05. The second-order valence-corrected chi connectivity index (χ2v) is 9.89. The number of rotatable bonds is 4. The normalized spacial score (nSPS) is 16.1. The van der Waals surface area contributed by atoms with Crippen molar-refractivity contribution in [2.45, 2.75) is 18.7 Å². The van der Waals surface area contributed by atoms with E-state index < -0.39 is 30.5 Å². The number of sulfone groups is 1. The van der Waals surface area contributed by atoms with Gasteiger partial charge < -0.3 is 0 Å². The number of Topliss-reactive ketones (excluding diaryl/α,β-unsaturated/α-hetero) is 1. The lowest BCUT2D eigenvalue weighted by atomic mass is 9.94. The van der Waals surface area contributed by atoms with Gasteiger partial charge in [-0.25, -0.2) is 16.8 Å². The summed E-state index contributed by atoms with van der Waals surface area (Å²) in [4.78, 5) is 12.3. The van der Waals surface area contributed by atoms with Crippen LogP contribution in [-0.4, -0.2) is 34.1 Å². The summed E-state index contributed by atoms with van der Waals surface area (Å²) in [6, 6.07) is 12.3. The summed E-state index contributed by atoms with van der Waals surface area (Å²) in [6.45, 7) is 3.25. The molecule has 0 aromatic heterocycles. The van der Waals surface area contributed by atoms with Gasteiger partial charge >= 0.3 is 0 Å². The average Bonchev–Trinajstić information content (AvgIpc) is 2.64. The molecule has 0 heterocycles. The molecule has 1 aliphatic rings. The van der Waals surface area contributed by atoms with E-state index in [2.05, 4.69) is 4.40 Å². The smallest absolute Gasteiger partial charge is 0.253 e. The summed E-state index contributed by atoms with van der Waals surface area (Å²) in [6.07, 6.45) is 1.05. The number of ketones is 1. The molecule has 2 aromatic carbocycles. The van der Waals surface area contributed by atoms with Crippen LogP contribution in [0.1, 0.15) is 28.4 Å². The van der Waals surface area contributed by atoms with E-state index in [9.17, 15) is 21.6 Å². The zero-order valence-corrected chi connectivity index (χ0v) is 16.3. The molecule has 0 N–H and O–H groups in total. The van der Waals surface area contributed by atoms with E-state index in [0.717, 1.165) is 11.6 Å². The SMILES string of the molecule is CCS(=O)(=O)N=C1C=C(S(=O)(=O)c2ccc(C)cc2)C(=O)c2ccccc21. The van der Waals surface area contributed by atoms with E-state index in [4.69, 9.17) is 0 Å². The van der Waals surface area contributed by atoms with E-state index >= 15 is 0 Å². The number of hydrogen-bond donors (Lipinski definition) is 0. The number of benzene rings is 2. The number of nitrogens with zero attached hydrogens (tertiary/aromatic N) is 1. The minimum atomic E-state index is -4.13. The molecule has 0 aliphatic heterocycles. The zero-order valence-electron chi connectivity index (χ0n) is 14.7. The lowest BCUT2D eigenvalue weighted by Gasteiger charge is -2.17. The highest BCUT2D eigenvalue weighted by Gasteiger charge is 2.34. The maximum atomic E-state index is 13.0. The minimum absolute atomic E-state index is 0.0372. The molecule has 1 aliphatic carbocycles. The highest BCUT2D eigenvalue weighted by molar-refractivity contribution is 7.96. The Bertz CT molecular complexity index is 1190. The van der Waals surface area contributed by atoms with Crippen LogP contribution in [0.4, 0.5) is 0 Å². The van der Waals surface area contributed by atoms with Crippen molar-refractivity contribution >= 4 is 31.4 Å². The Kier molecular flexibility index (Phi) is 4.88. The fourth-order valence-electron chi connectivity index (χ4n) is 2.64. The Morgan fingerprint density at radius 3 is 2.07 bits per heavy atom. The first kappa shape index (κ1) is 19.2. The minimum Gasteiger partial charge on any atom is -0.288 e. The van der Waals surface area contributed by atoms with E-state index in [1.165, 1.54) is 25.1 Å². The second kappa shape index (κ2) is 6.86. The van der Waals surface area contributed by atoms with Gasteiger partial charge in [0.2, 0.25) is 15.6 Å². The van der Waals surface area contributed by atoms with Gasteiger partial charge in [-0.3, -0.25) is 4.79 Å². The van der Waals surface area contributed by atoms with Crippen molar-refractivity contribution in [2.75, 3.05) is 5.75 Å². The Balaban J connectivity index is 2.25. The first-order chi connectivity index (χ1) is 12.7. The van der Waals surface area contributed by atoms with Crippen molar-refractivity contribution in [2.24, 2.45) is 4.40 Å². The Labute approximate surface area is 158 Å². The number of carbonyl (C=O) groups is 1. The maximum absolute atomic E-state index is 13.0. The molecule has 0 amide bonds. The highest BCUT2D eigenvalue weighted by atomic mass is 32.2. The van der Waals surface area contributed by atoms with E-state index in [1.54, 1.807) is 30.3 Å². The van der Waals surface area contributed by atoms with Crippen molar-refractivity contribution in [1.82, 2.24) is 0 Å². The third-order valence-corrected chi connectivity index (χ3v) is 7.14. The predicted octanol–water partition coefficient (Wildman–Crippen LogP) is 2.69. The van der Waals surface area contributed by atoms with Gasteiger partial charge in [-0.05, 0) is 32.1 Å². The van der Waals surface area contributed by atoms with Crippen molar-refractivity contribution in [3.05, 3.63) is 76.2 Å². The number of sulfonamides is 1. The number of carbonyl (C=O) groups excluding carboxylic acids is 1. The van der Waals surface area contributed by atoms with Crippen LogP contribution in [0, 0.1) is 6.92 Å².